The molecule has 0 aliphatic carbocycles. The fourth-order valence-corrected chi connectivity index (χ4v) is 1.99. The van der Waals surface area contributed by atoms with Crippen LogP contribution in [0, 0.1) is 12.8 Å². The number of nitrogens with one attached hydrogen (secondary N) is 1. The topological polar surface area (TPSA) is 24.9 Å². The van der Waals surface area contributed by atoms with Gasteiger partial charge in [-0.15, -0.1) is 0 Å². The van der Waals surface area contributed by atoms with Crippen molar-refractivity contribution in [3.05, 3.63) is 22.3 Å². The summed E-state index contributed by atoms with van der Waals surface area (Å²) < 4.78 is 1.04. The van der Waals surface area contributed by atoms with Gasteiger partial charge in [0.25, 0.3) is 0 Å². The highest BCUT2D eigenvalue weighted by atomic mass is 79.9. The molecule has 1 N–H and O–H groups in total. The van der Waals surface area contributed by atoms with Crippen molar-refractivity contribution in [3.63, 3.8) is 0 Å². The van der Waals surface area contributed by atoms with Crippen LogP contribution < -0.4 is 5.32 Å². The molecule has 1 aromatic rings. The zero-order chi connectivity index (χ0) is 11.3. The second kappa shape index (κ2) is 6.11. The van der Waals surface area contributed by atoms with Crippen LogP contribution in [0.2, 0.25) is 0 Å². The summed E-state index contributed by atoms with van der Waals surface area (Å²) >= 11 is 3.41. The number of hydrogen-bond donors (Lipinski definition) is 1. The molecule has 84 valence electrons. The summed E-state index contributed by atoms with van der Waals surface area (Å²) in [5, 5.41) is 3.41. The number of aromatic nitrogens is 1. The Hall–Kier alpha value is -0.570. The second-order valence-corrected chi connectivity index (χ2v) is 4.80. The first-order chi connectivity index (χ1) is 7.17. The van der Waals surface area contributed by atoms with Crippen molar-refractivity contribution in [3.8, 4) is 0 Å². The summed E-state index contributed by atoms with van der Waals surface area (Å²) in [5.41, 5.74) is 1.19. The maximum absolute atomic E-state index is 4.36. The standard InChI is InChI=1S/C12H19BrN2/c1-4-10(5-2)7-14-12-9(3)6-11(13)8-15-12/h6,8,10H,4-5,7H2,1-3H3,(H,14,15). The molecule has 0 saturated heterocycles. The lowest BCUT2D eigenvalue weighted by atomic mass is 10.0. The molecular formula is C12H19BrN2. The second-order valence-electron chi connectivity index (χ2n) is 3.88. The van der Waals surface area contributed by atoms with Crippen LogP contribution in [0.25, 0.3) is 0 Å². The SMILES string of the molecule is CCC(CC)CNc1ncc(Br)cc1C. The number of pyridine rings is 1. The predicted molar refractivity (Wildman–Crippen MR) is 69.2 cm³/mol. The van der Waals surface area contributed by atoms with E-state index in [2.05, 4.69) is 53.1 Å². The molecule has 0 radical (unpaired) electrons. The molecule has 2 nitrogen and oxygen atoms in total. The van der Waals surface area contributed by atoms with Crippen molar-refractivity contribution in [1.29, 1.82) is 0 Å². The van der Waals surface area contributed by atoms with Gasteiger partial charge in [0, 0.05) is 17.2 Å². The van der Waals surface area contributed by atoms with Crippen LogP contribution >= 0.6 is 15.9 Å². The normalized spacial score (nSPS) is 10.7. The van der Waals surface area contributed by atoms with Gasteiger partial charge >= 0.3 is 0 Å². The number of rotatable bonds is 5. The average molecular weight is 271 g/mol. The van der Waals surface area contributed by atoms with Crippen molar-refractivity contribution in [2.45, 2.75) is 33.6 Å². The Morgan fingerprint density at radius 2 is 2.07 bits per heavy atom. The van der Waals surface area contributed by atoms with Gasteiger partial charge < -0.3 is 5.32 Å². The van der Waals surface area contributed by atoms with Crippen molar-refractivity contribution >= 4 is 21.7 Å². The van der Waals surface area contributed by atoms with Crippen molar-refractivity contribution in [1.82, 2.24) is 4.98 Å². The molecule has 3 heteroatoms. The van der Waals surface area contributed by atoms with Gasteiger partial charge in [-0.05, 0) is 40.4 Å². The first-order valence-corrected chi connectivity index (χ1v) is 6.32. The van der Waals surface area contributed by atoms with Crippen molar-refractivity contribution in [2.75, 3.05) is 11.9 Å². The van der Waals surface area contributed by atoms with E-state index >= 15 is 0 Å². The fourth-order valence-electron chi connectivity index (χ4n) is 1.54. The lowest BCUT2D eigenvalue weighted by Gasteiger charge is -2.15. The number of halogens is 1. The zero-order valence-electron chi connectivity index (χ0n) is 9.68. The summed E-state index contributed by atoms with van der Waals surface area (Å²) in [6.45, 7) is 7.56. The number of anilines is 1. The number of nitrogens with zero attached hydrogens (tertiary/aromatic N) is 1. The van der Waals surface area contributed by atoms with Crippen LogP contribution in [0.4, 0.5) is 5.82 Å². The van der Waals surface area contributed by atoms with Crippen molar-refractivity contribution < 1.29 is 0 Å². The maximum atomic E-state index is 4.36. The third kappa shape index (κ3) is 3.82. The van der Waals surface area contributed by atoms with Crippen LogP contribution in [0.1, 0.15) is 32.3 Å². The van der Waals surface area contributed by atoms with E-state index in [1.165, 1.54) is 18.4 Å². The molecular weight excluding hydrogens is 252 g/mol. The van der Waals surface area contributed by atoms with E-state index in [4.69, 9.17) is 0 Å². The molecule has 0 aromatic carbocycles. The van der Waals surface area contributed by atoms with E-state index in [1.54, 1.807) is 0 Å². The largest absolute Gasteiger partial charge is 0.370 e. The summed E-state index contributed by atoms with van der Waals surface area (Å²) in [7, 11) is 0. The van der Waals surface area contributed by atoms with E-state index in [-0.39, 0.29) is 0 Å². The van der Waals surface area contributed by atoms with Crippen molar-refractivity contribution in [2.24, 2.45) is 5.92 Å². The molecule has 0 unspecified atom stereocenters. The first kappa shape index (κ1) is 12.5. The van der Waals surface area contributed by atoms with Crippen LogP contribution in [0.5, 0.6) is 0 Å². The minimum atomic E-state index is 0.745. The minimum absolute atomic E-state index is 0.745. The Morgan fingerprint density at radius 3 is 2.60 bits per heavy atom. The lowest BCUT2D eigenvalue weighted by Crippen LogP contribution is -2.14. The van der Waals surface area contributed by atoms with E-state index in [9.17, 15) is 0 Å². The molecule has 0 aliphatic rings. The van der Waals surface area contributed by atoms with E-state index in [0.717, 1.165) is 22.8 Å². The van der Waals surface area contributed by atoms with Gasteiger partial charge in [0.15, 0.2) is 0 Å². The van der Waals surface area contributed by atoms with Gasteiger partial charge in [-0.1, -0.05) is 26.7 Å². The monoisotopic (exact) mass is 270 g/mol. The minimum Gasteiger partial charge on any atom is -0.370 e. The van der Waals surface area contributed by atoms with E-state index < -0.39 is 0 Å². The van der Waals surface area contributed by atoms with Gasteiger partial charge in [0.1, 0.15) is 5.82 Å². The highest BCUT2D eigenvalue weighted by molar-refractivity contribution is 9.10. The van der Waals surface area contributed by atoms with Gasteiger partial charge in [0.2, 0.25) is 0 Å². The van der Waals surface area contributed by atoms with E-state index in [0.29, 0.717) is 0 Å². The summed E-state index contributed by atoms with van der Waals surface area (Å²) in [4.78, 5) is 4.36. The molecule has 1 rings (SSSR count). The molecule has 0 fully saturated rings. The molecule has 1 heterocycles. The Morgan fingerprint density at radius 1 is 1.40 bits per heavy atom. The Labute approximate surface area is 101 Å². The molecule has 0 saturated carbocycles. The number of hydrogen-bond acceptors (Lipinski definition) is 2. The summed E-state index contributed by atoms with van der Waals surface area (Å²) in [5.74, 6) is 1.75. The molecule has 0 aliphatic heterocycles. The van der Waals surface area contributed by atoms with Crippen LogP contribution in [0.15, 0.2) is 16.7 Å². The summed E-state index contributed by atoms with van der Waals surface area (Å²) in [6.07, 6.45) is 4.28. The van der Waals surface area contributed by atoms with Gasteiger partial charge in [0.05, 0.1) is 0 Å². The zero-order valence-corrected chi connectivity index (χ0v) is 11.3. The Kier molecular flexibility index (Phi) is 5.09. The average Bonchev–Trinajstić information content (AvgIpc) is 2.22. The molecule has 0 amide bonds. The smallest absolute Gasteiger partial charge is 0.128 e. The van der Waals surface area contributed by atoms with Gasteiger partial charge in [-0.2, -0.15) is 0 Å². The summed E-state index contributed by atoms with van der Waals surface area (Å²) in [6, 6.07) is 2.09. The molecule has 0 bridgehead atoms. The van der Waals surface area contributed by atoms with Gasteiger partial charge in [-0.3, -0.25) is 0 Å². The molecule has 0 spiro atoms. The lowest BCUT2D eigenvalue weighted by molar-refractivity contribution is 0.518. The predicted octanol–water partition coefficient (Wildman–Crippen LogP) is 4.00. The van der Waals surface area contributed by atoms with Crippen LogP contribution in [-0.4, -0.2) is 11.5 Å². The number of aryl methyl sites for hydroxylation is 1. The highest BCUT2D eigenvalue weighted by Gasteiger charge is 2.05. The third-order valence-corrected chi connectivity index (χ3v) is 3.19. The van der Waals surface area contributed by atoms with E-state index in [1.807, 2.05) is 6.20 Å². The van der Waals surface area contributed by atoms with Gasteiger partial charge in [-0.25, -0.2) is 4.98 Å². The Bertz CT molecular complexity index is 308. The molecule has 1 aromatic heterocycles. The molecule has 15 heavy (non-hydrogen) atoms. The maximum Gasteiger partial charge on any atom is 0.128 e. The van der Waals surface area contributed by atoms with Crippen LogP contribution in [-0.2, 0) is 0 Å². The third-order valence-electron chi connectivity index (χ3n) is 2.76. The molecule has 0 atom stereocenters. The highest BCUT2D eigenvalue weighted by Crippen LogP contribution is 2.17. The Balaban J connectivity index is 2.57. The first-order valence-electron chi connectivity index (χ1n) is 5.53. The fraction of sp³-hybridized carbons (Fsp3) is 0.583. The van der Waals surface area contributed by atoms with Crippen LogP contribution in [0.3, 0.4) is 0 Å². The quantitative estimate of drug-likeness (QED) is 0.875.